The summed E-state index contributed by atoms with van der Waals surface area (Å²) in [6.07, 6.45) is 3.53. The van der Waals surface area contributed by atoms with E-state index in [0.29, 0.717) is 28.0 Å². The van der Waals surface area contributed by atoms with Crippen molar-refractivity contribution in [1.29, 1.82) is 0 Å². The van der Waals surface area contributed by atoms with E-state index < -0.39 is 12.0 Å². The normalized spacial score (nSPS) is 17.3. The average Bonchev–Trinajstić information content (AvgIpc) is 3.20. The number of halogens is 1. The number of allylic oxidation sites excluding steroid dienone is 1. The van der Waals surface area contributed by atoms with Crippen molar-refractivity contribution in [3.8, 4) is 0 Å². The van der Waals surface area contributed by atoms with Crippen molar-refractivity contribution in [2.75, 3.05) is 6.61 Å². The zero-order valence-corrected chi connectivity index (χ0v) is 19.8. The van der Waals surface area contributed by atoms with E-state index in [9.17, 15) is 9.59 Å². The molecule has 1 amide bonds. The maximum Gasteiger partial charge on any atom is 0.338 e. The van der Waals surface area contributed by atoms with Gasteiger partial charge in [-0.05, 0) is 42.5 Å². The van der Waals surface area contributed by atoms with Crippen molar-refractivity contribution in [2.45, 2.75) is 32.9 Å². The van der Waals surface area contributed by atoms with Crippen molar-refractivity contribution in [3.63, 3.8) is 0 Å². The van der Waals surface area contributed by atoms with Crippen molar-refractivity contribution in [2.24, 2.45) is 4.99 Å². The second-order valence-electron chi connectivity index (χ2n) is 7.45. The molecule has 0 bridgehead atoms. The van der Waals surface area contributed by atoms with E-state index in [-0.39, 0.29) is 18.9 Å². The van der Waals surface area contributed by atoms with E-state index in [4.69, 9.17) is 16.3 Å². The summed E-state index contributed by atoms with van der Waals surface area (Å²) in [5.41, 5.74) is 3.39. The molecule has 1 unspecified atom stereocenters. The van der Waals surface area contributed by atoms with Crippen LogP contribution in [-0.4, -0.2) is 33.5 Å². The fourth-order valence-corrected chi connectivity index (χ4v) is 4.96. The lowest BCUT2D eigenvalue weighted by molar-refractivity contribution is -0.139. The summed E-state index contributed by atoms with van der Waals surface area (Å²) in [4.78, 5) is 36.3. The van der Waals surface area contributed by atoms with Gasteiger partial charge in [0.25, 0.3) is 0 Å². The van der Waals surface area contributed by atoms with Gasteiger partial charge in [0.15, 0.2) is 5.17 Å². The van der Waals surface area contributed by atoms with Crippen LogP contribution >= 0.6 is 23.4 Å². The number of amides is 1. The summed E-state index contributed by atoms with van der Waals surface area (Å²) in [5, 5.41) is 6.04. The predicted octanol–water partition coefficient (Wildman–Crippen LogP) is 4.58. The maximum absolute atomic E-state index is 12.9. The number of ether oxygens (including phenoxy) is 1. The van der Waals surface area contributed by atoms with E-state index in [1.807, 2.05) is 40.6 Å². The van der Waals surface area contributed by atoms with Crippen LogP contribution in [0.4, 0.5) is 0 Å². The van der Waals surface area contributed by atoms with E-state index in [1.54, 1.807) is 32.3 Å². The third-order valence-corrected chi connectivity index (χ3v) is 6.48. The van der Waals surface area contributed by atoms with Gasteiger partial charge in [0.1, 0.15) is 0 Å². The monoisotopic (exact) mass is 482 g/mol. The van der Waals surface area contributed by atoms with Gasteiger partial charge in [0, 0.05) is 29.7 Å². The lowest BCUT2D eigenvalue weighted by atomic mass is 9.93. The first-order valence-corrected chi connectivity index (χ1v) is 11.8. The molecule has 1 N–H and O–H groups in total. The van der Waals surface area contributed by atoms with Gasteiger partial charge in [0.2, 0.25) is 5.91 Å². The van der Waals surface area contributed by atoms with Gasteiger partial charge in [-0.2, -0.15) is 0 Å². The summed E-state index contributed by atoms with van der Waals surface area (Å²) < 4.78 is 5.35. The number of aliphatic imine (C=N–C) groups is 1. The number of fused-ring (bicyclic) bond motifs is 1. The average molecular weight is 483 g/mol. The SMILES string of the molecule is CCOC(=O)C1=C(C)N=C2SC=C(CC(=O)NCc3cccnc3)N2C1c1ccccc1Cl. The number of esters is 1. The van der Waals surface area contributed by atoms with Crippen LogP contribution in [0.15, 0.2) is 76.2 Å². The molecule has 1 aromatic carbocycles. The van der Waals surface area contributed by atoms with Crippen LogP contribution in [0.25, 0.3) is 0 Å². The molecule has 0 saturated carbocycles. The predicted molar refractivity (Wildman–Crippen MR) is 129 cm³/mol. The Morgan fingerprint density at radius 2 is 2.06 bits per heavy atom. The summed E-state index contributed by atoms with van der Waals surface area (Å²) in [5.74, 6) is -0.589. The second kappa shape index (κ2) is 10.2. The Morgan fingerprint density at radius 3 is 2.79 bits per heavy atom. The van der Waals surface area contributed by atoms with Gasteiger partial charge in [-0.25, -0.2) is 9.79 Å². The highest BCUT2D eigenvalue weighted by molar-refractivity contribution is 8.16. The fourth-order valence-electron chi connectivity index (χ4n) is 3.76. The third kappa shape index (κ3) is 4.96. The second-order valence-corrected chi connectivity index (χ2v) is 8.69. The van der Waals surface area contributed by atoms with Crippen molar-refractivity contribution < 1.29 is 14.3 Å². The molecule has 4 rings (SSSR count). The molecule has 2 aliphatic heterocycles. The van der Waals surface area contributed by atoms with Crippen LogP contribution in [0.5, 0.6) is 0 Å². The summed E-state index contributed by atoms with van der Waals surface area (Å²) in [6.45, 7) is 4.18. The molecular weight excluding hydrogens is 460 g/mol. The van der Waals surface area contributed by atoms with E-state index in [0.717, 1.165) is 16.8 Å². The van der Waals surface area contributed by atoms with E-state index >= 15 is 0 Å². The van der Waals surface area contributed by atoms with Crippen LogP contribution < -0.4 is 5.32 Å². The Balaban J connectivity index is 1.62. The first-order chi connectivity index (χ1) is 16.0. The molecule has 170 valence electrons. The number of nitrogens with one attached hydrogen (secondary N) is 1. The fraction of sp³-hybridized carbons (Fsp3) is 0.250. The molecule has 7 nitrogen and oxygen atoms in total. The number of benzene rings is 1. The third-order valence-electron chi connectivity index (χ3n) is 5.25. The lowest BCUT2D eigenvalue weighted by Gasteiger charge is -2.36. The Kier molecular flexibility index (Phi) is 7.15. The zero-order valence-electron chi connectivity index (χ0n) is 18.2. The number of carbonyl (C=O) groups is 2. The largest absolute Gasteiger partial charge is 0.463 e. The molecule has 1 atom stereocenters. The number of carbonyl (C=O) groups excluding carboxylic acids is 2. The van der Waals surface area contributed by atoms with E-state index in [2.05, 4.69) is 15.3 Å². The number of nitrogens with zero attached hydrogens (tertiary/aromatic N) is 3. The maximum atomic E-state index is 12.9. The first-order valence-electron chi connectivity index (χ1n) is 10.5. The Morgan fingerprint density at radius 1 is 1.24 bits per heavy atom. The quantitative estimate of drug-likeness (QED) is 0.581. The highest BCUT2D eigenvalue weighted by Crippen LogP contribution is 2.46. The molecule has 2 aliphatic rings. The highest BCUT2D eigenvalue weighted by Gasteiger charge is 2.41. The molecule has 0 spiro atoms. The van der Waals surface area contributed by atoms with Gasteiger partial charge in [-0.3, -0.25) is 9.78 Å². The number of pyridine rings is 1. The topological polar surface area (TPSA) is 83.9 Å². The Labute approximate surface area is 201 Å². The molecule has 0 aliphatic carbocycles. The number of thioether (sulfide) groups is 1. The Hall–Kier alpha value is -3.10. The van der Waals surface area contributed by atoms with Crippen molar-refractivity contribution in [1.82, 2.24) is 15.2 Å². The number of hydrogen-bond acceptors (Lipinski definition) is 7. The number of aromatic nitrogens is 1. The number of rotatable bonds is 7. The van der Waals surface area contributed by atoms with Crippen molar-refractivity contribution >= 4 is 40.4 Å². The molecule has 0 radical (unpaired) electrons. The Bertz CT molecular complexity index is 1160. The first kappa shape index (κ1) is 23.1. The molecule has 1 aromatic heterocycles. The molecule has 0 fully saturated rings. The van der Waals surface area contributed by atoms with Crippen LogP contribution in [0.2, 0.25) is 5.02 Å². The molecule has 0 saturated heterocycles. The summed E-state index contributed by atoms with van der Waals surface area (Å²) >= 11 is 7.98. The number of amidine groups is 1. The molecule has 9 heteroatoms. The molecular formula is C24H23ClN4O3S. The molecule has 3 heterocycles. The van der Waals surface area contributed by atoms with Crippen LogP contribution in [0.3, 0.4) is 0 Å². The van der Waals surface area contributed by atoms with Crippen LogP contribution in [0.1, 0.15) is 37.4 Å². The summed E-state index contributed by atoms with van der Waals surface area (Å²) in [7, 11) is 0. The van der Waals surface area contributed by atoms with Gasteiger partial charge >= 0.3 is 5.97 Å². The highest BCUT2D eigenvalue weighted by atomic mass is 35.5. The minimum absolute atomic E-state index is 0.127. The zero-order chi connectivity index (χ0) is 23.4. The van der Waals surface area contributed by atoms with Gasteiger partial charge in [0.05, 0.1) is 30.3 Å². The smallest absolute Gasteiger partial charge is 0.338 e. The number of hydrogen-bond donors (Lipinski definition) is 1. The standard InChI is InChI=1S/C24H23ClN4O3S/c1-3-32-23(31)21-15(2)28-24-29(22(21)18-8-4-5-9-19(18)25)17(14-33-24)11-20(30)27-13-16-7-6-10-26-12-16/h4-10,12,14,22H,3,11,13H2,1-2H3,(H,27,30). The molecule has 33 heavy (non-hydrogen) atoms. The van der Waals surface area contributed by atoms with E-state index in [1.165, 1.54) is 11.8 Å². The van der Waals surface area contributed by atoms with Crippen LogP contribution in [-0.2, 0) is 20.9 Å². The summed E-state index contributed by atoms with van der Waals surface area (Å²) in [6, 6.07) is 10.6. The van der Waals surface area contributed by atoms with Crippen molar-refractivity contribution in [3.05, 3.63) is 87.3 Å². The van der Waals surface area contributed by atoms with Gasteiger partial charge in [-0.1, -0.05) is 47.6 Å². The van der Waals surface area contributed by atoms with Gasteiger partial charge < -0.3 is 15.0 Å². The lowest BCUT2D eigenvalue weighted by Crippen LogP contribution is -2.38. The van der Waals surface area contributed by atoms with Gasteiger partial charge in [-0.15, -0.1) is 0 Å². The minimum Gasteiger partial charge on any atom is -0.463 e. The van der Waals surface area contributed by atoms with Crippen LogP contribution in [0, 0.1) is 0 Å². The minimum atomic E-state index is -0.544. The molecule has 2 aromatic rings.